The first-order valence-corrected chi connectivity index (χ1v) is 4.40. The number of rotatable bonds is 3. The minimum absolute atomic E-state index is 0.000691. The van der Waals surface area contributed by atoms with E-state index in [-0.39, 0.29) is 5.41 Å². The van der Waals surface area contributed by atoms with E-state index < -0.39 is 11.9 Å². The molecular formula is C10H18O4. The minimum Gasteiger partial charge on any atom is -0.461 e. The van der Waals surface area contributed by atoms with Crippen LogP contribution in [0.3, 0.4) is 0 Å². The summed E-state index contributed by atoms with van der Waals surface area (Å²) in [6, 6.07) is 0. The molecule has 0 unspecified atom stereocenters. The van der Waals surface area contributed by atoms with Gasteiger partial charge < -0.3 is 14.6 Å². The number of hydrogen-bond donors (Lipinski definition) is 1. The zero-order valence-electron chi connectivity index (χ0n) is 9.33. The van der Waals surface area contributed by atoms with Gasteiger partial charge in [0.05, 0.1) is 6.26 Å². The standard InChI is InChI=1S/C10H18O4/c1-9(2,3)6-7-13-10(4,5)14-8(11)12/h6-7H,1-5H3,(H,11,12). The largest absolute Gasteiger partial charge is 0.509 e. The van der Waals surface area contributed by atoms with E-state index in [4.69, 9.17) is 9.84 Å². The first-order valence-electron chi connectivity index (χ1n) is 4.40. The van der Waals surface area contributed by atoms with Crippen molar-refractivity contribution in [1.29, 1.82) is 0 Å². The summed E-state index contributed by atoms with van der Waals surface area (Å²) in [6.07, 6.45) is 1.95. The van der Waals surface area contributed by atoms with Gasteiger partial charge in [-0.1, -0.05) is 20.8 Å². The number of allylic oxidation sites excluding steroid dienone is 1. The molecule has 0 aromatic carbocycles. The zero-order valence-corrected chi connectivity index (χ0v) is 9.33. The summed E-state index contributed by atoms with van der Waals surface area (Å²) in [5, 5.41) is 8.38. The van der Waals surface area contributed by atoms with E-state index in [1.54, 1.807) is 0 Å². The Morgan fingerprint density at radius 1 is 1.21 bits per heavy atom. The fourth-order valence-corrected chi connectivity index (χ4v) is 0.636. The van der Waals surface area contributed by atoms with Crippen LogP contribution in [-0.2, 0) is 9.47 Å². The average Bonchev–Trinajstić information content (AvgIpc) is 1.78. The molecule has 0 rings (SSSR count). The molecule has 0 fully saturated rings. The maximum Gasteiger partial charge on any atom is 0.509 e. The number of hydrogen-bond acceptors (Lipinski definition) is 3. The lowest BCUT2D eigenvalue weighted by atomic mass is 9.97. The molecule has 4 heteroatoms. The summed E-state index contributed by atoms with van der Waals surface area (Å²) >= 11 is 0. The molecule has 0 atom stereocenters. The Labute approximate surface area is 84.5 Å². The predicted octanol–water partition coefficient (Wildman–Crippen LogP) is 2.99. The molecule has 0 bridgehead atoms. The van der Waals surface area contributed by atoms with Crippen LogP contribution in [0.25, 0.3) is 0 Å². The van der Waals surface area contributed by atoms with Gasteiger partial charge in [0.25, 0.3) is 5.79 Å². The van der Waals surface area contributed by atoms with E-state index >= 15 is 0 Å². The monoisotopic (exact) mass is 202 g/mol. The molecule has 0 aromatic heterocycles. The van der Waals surface area contributed by atoms with Crippen molar-refractivity contribution in [3.8, 4) is 0 Å². The number of carbonyl (C=O) groups is 1. The third-order valence-corrected chi connectivity index (χ3v) is 1.25. The second-order valence-electron chi connectivity index (χ2n) is 4.55. The predicted molar refractivity (Wildman–Crippen MR) is 52.9 cm³/mol. The van der Waals surface area contributed by atoms with Crippen molar-refractivity contribution in [2.75, 3.05) is 0 Å². The fraction of sp³-hybridized carbons (Fsp3) is 0.700. The SMILES string of the molecule is CC(C)(C)C=COC(C)(C)OC(=O)O. The molecule has 0 saturated heterocycles. The molecule has 0 radical (unpaired) electrons. The van der Waals surface area contributed by atoms with Crippen LogP contribution < -0.4 is 0 Å². The highest BCUT2D eigenvalue weighted by molar-refractivity contribution is 5.57. The van der Waals surface area contributed by atoms with Gasteiger partial charge in [0.1, 0.15) is 0 Å². The highest BCUT2D eigenvalue weighted by Gasteiger charge is 2.22. The summed E-state index contributed by atoms with van der Waals surface area (Å²) < 4.78 is 9.63. The highest BCUT2D eigenvalue weighted by atomic mass is 16.8. The Bertz CT molecular complexity index is 223. The van der Waals surface area contributed by atoms with Crippen LogP contribution in [-0.4, -0.2) is 17.0 Å². The van der Waals surface area contributed by atoms with Crippen LogP contribution in [0.4, 0.5) is 4.79 Å². The fourth-order valence-electron chi connectivity index (χ4n) is 0.636. The second-order valence-corrected chi connectivity index (χ2v) is 4.55. The van der Waals surface area contributed by atoms with Gasteiger partial charge in [-0.25, -0.2) is 4.79 Å². The van der Waals surface area contributed by atoms with Gasteiger partial charge >= 0.3 is 6.16 Å². The lowest BCUT2D eigenvalue weighted by Gasteiger charge is -2.23. The van der Waals surface area contributed by atoms with Crippen molar-refractivity contribution >= 4 is 6.16 Å². The van der Waals surface area contributed by atoms with Crippen LogP contribution in [0.2, 0.25) is 0 Å². The lowest BCUT2D eigenvalue weighted by molar-refractivity contribution is -0.151. The molecule has 0 aliphatic heterocycles. The van der Waals surface area contributed by atoms with Gasteiger partial charge in [-0.15, -0.1) is 0 Å². The lowest BCUT2D eigenvalue weighted by Crippen LogP contribution is -2.28. The van der Waals surface area contributed by atoms with Crippen LogP contribution in [0.5, 0.6) is 0 Å². The Kier molecular flexibility index (Phi) is 3.98. The van der Waals surface area contributed by atoms with Gasteiger partial charge in [-0.2, -0.15) is 0 Å². The molecule has 0 saturated carbocycles. The molecule has 0 aliphatic rings. The van der Waals surface area contributed by atoms with E-state index in [0.29, 0.717) is 0 Å². The summed E-state index contributed by atoms with van der Waals surface area (Å²) in [7, 11) is 0. The highest BCUT2D eigenvalue weighted by Crippen LogP contribution is 2.17. The van der Waals surface area contributed by atoms with Gasteiger partial charge in [0.15, 0.2) is 0 Å². The summed E-state index contributed by atoms with van der Waals surface area (Å²) in [6.45, 7) is 9.11. The van der Waals surface area contributed by atoms with E-state index in [1.165, 1.54) is 20.1 Å². The maximum atomic E-state index is 10.2. The number of ether oxygens (including phenoxy) is 2. The quantitative estimate of drug-likeness (QED) is 0.434. The van der Waals surface area contributed by atoms with Crippen molar-refractivity contribution in [3.63, 3.8) is 0 Å². The molecule has 82 valence electrons. The average molecular weight is 202 g/mol. The normalized spacial score (nSPS) is 12.9. The Morgan fingerprint density at radius 2 is 1.71 bits per heavy atom. The molecule has 14 heavy (non-hydrogen) atoms. The number of carboxylic acid groups (broad SMARTS) is 1. The van der Waals surface area contributed by atoms with Gasteiger partial charge in [-0.3, -0.25) is 0 Å². The van der Waals surface area contributed by atoms with E-state index in [2.05, 4.69) is 4.74 Å². The van der Waals surface area contributed by atoms with E-state index in [1.807, 2.05) is 26.8 Å². The molecule has 0 heterocycles. The van der Waals surface area contributed by atoms with E-state index in [0.717, 1.165) is 0 Å². The van der Waals surface area contributed by atoms with Gasteiger partial charge in [0.2, 0.25) is 0 Å². The minimum atomic E-state index is -1.35. The third kappa shape index (κ3) is 7.46. The molecular weight excluding hydrogens is 184 g/mol. The summed E-state index contributed by atoms with van der Waals surface area (Å²) in [4.78, 5) is 10.2. The first kappa shape index (κ1) is 12.8. The van der Waals surface area contributed by atoms with Crippen LogP contribution >= 0.6 is 0 Å². The molecule has 0 aromatic rings. The first-order chi connectivity index (χ1) is 6.12. The van der Waals surface area contributed by atoms with Gasteiger partial charge in [-0.05, 0) is 11.5 Å². The van der Waals surface area contributed by atoms with E-state index in [9.17, 15) is 4.79 Å². The van der Waals surface area contributed by atoms with Crippen molar-refractivity contribution in [1.82, 2.24) is 0 Å². The Balaban J connectivity index is 4.11. The van der Waals surface area contributed by atoms with Crippen LogP contribution in [0.15, 0.2) is 12.3 Å². The molecule has 1 N–H and O–H groups in total. The third-order valence-electron chi connectivity index (χ3n) is 1.25. The van der Waals surface area contributed by atoms with Gasteiger partial charge in [0, 0.05) is 13.8 Å². The molecule has 0 amide bonds. The smallest absolute Gasteiger partial charge is 0.461 e. The summed E-state index contributed by atoms with van der Waals surface area (Å²) in [5.41, 5.74) is -0.000691. The molecule has 0 spiro atoms. The van der Waals surface area contributed by atoms with Crippen LogP contribution in [0.1, 0.15) is 34.6 Å². The van der Waals surface area contributed by atoms with Crippen molar-refractivity contribution in [2.45, 2.75) is 40.4 Å². The van der Waals surface area contributed by atoms with Crippen molar-refractivity contribution < 1.29 is 19.4 Å². The topological polar surface area (TPSA) is 55.8 Å². The molecule has 4 nitrogen and oxygen atoms in total. The Morgan fingerprint density at radius 3 is 2.07 bits per heavy atom. The second kappa shape index (κ2) is 4.35. The van der Waals surface area contributed by atoms with Crippen molar-refractivity contribution in [2.24, 2.45) is 5.41 Å². The molecule has 0 aliphatic carbocycles. The zero-order chi connectivity index (χ0) is 11.4. The van der Waals surface area contributed by atoms with Crippen molar-refractivity contribution in [3.05, 3.63) is 12.3 Å². The maximum absolute atomic E-state index is 10.2. The Hall–Kier alpha value is -1.19. The van der Waals surface area contributed by atoms with Crippen LogP contribution in [0, 0.1) is 5.41 Å². The summed E-state index contributed by atoms with van der Waals surface area (Å²) in [5.74, 6) is -1.15.